The Hall–Kier alpha value is -3.39. The van der Waals surface area contributed by atoms with E-state index in [1.807, 2.05) is 36.4 Å². The van der Waals surface area contributed by atoms with Crippen molar-refractivity contribution < 1.29 is 29.0 Å². The van der Waals surface area contributed by atoms with Crippen molar-refractivity contribution in [3.8, 4) is 11.1 Å². The van der Waals surface area contributed by atoms with E-state index in [0.29, 0.717) is 12.8 Å². The van der Waals surface area contributed by atoms with Gasteiger partial charge in [0.1, 0.15) is 12.6 Å². The molecule has 8 heteroatoms. The Balaban J connectivity index is 1.28. The normalized spacial score (nSPS) is 23.9. The molecule has 2 amide bonds. The number of carbonyl (C=O) groups is 3. The second-order valence-corrected chi connectivity index (χ2v) is 9.61. The van der Waals surface area contributed by atoms with Crippen LogP contribution in [-0.2, 0) is 19.1 Å². The maximum Gasteiger partial charge on any atom is 0.407 e. The van der Waals surface area contributed by atoms with Crippen LogP contribution in [0, 0.1) is 5.92 Å². The van der Waals surface area contributed by atoms with E-state index >= 15 is 0 Å². The van der Waals surface area contributed by atoms with Gasteiger partial charge in [0.2, 0.25) is 5.91 Å². The summed E-state index contributed by atoms with van der Waals surface area (Å²) in [5.74, 6) is -1.85. The summed E-state index contributed by atoms with van der Waals surface area (Å²) in [7, 11) is 1.48. The number of carboxylic acid groups (broad SMARTS) is 1. The molecule has 5 rings (SSSR count). The summed E-state index contributed by atoms with van der Waals surface area (Å²) < 4.78 is 11.0. The molecule has 0 aromatic heterocycles. The number of aliphatic carboxylic acids is 1. The standard InChI is InChI=1S/C27H30N2O6/c1-15(34-2)24(25(30)29-16-11-12-23(29)21(13-16)26(31)32)28-27(33)35-14-22-19-9-5-3-7-17(19)18-8-4-6-10-20(18)22/h3-10,15-16,21-24H,11-14H2,1-2H3,(H,28,33)(H,31,32)/t15?,16-,21+,23+,24?/m1/s1. The quantitative estimate of drug-likeness (QED) is 0.632. The lowest BCUT2D eigenvalue weighted by Crippen LogP contribution is -2.55. The molecule has 2 unspecified atom stereocenters. The SMILES string of the molecule is COC(C)C(NC(=O)OCC1c2ccccc2-c2ccccc21)C(=O)N1[C@@H]2CC[C@H]1[C@@H](C(=O)O)C2. The molecule has 2 bridgehead atoms. The first-order chi connectivity index (χ1) is 16.9. The van der Waals surface area contributed by atoms with Gasteiger partial charge in [0.05, 0.1) is 12.0 Å². The van der Waals surface area contributed by atoms with Crippen LogP contribution in [0.1, 0.15) is 43.2 Å². The van der Waals surface area contributed by atoms with Crippen molar-refractivity contribution in [3.63, 3.8) is 0 Å². The number of rotatable bonds is 7. The van der Waals surface area contributed by atoms with E-state index in [9.17, 15) is 19.5 Å². The third kappa shape index (κ3) is 4.05. The van der Waals surface area contributed by atoms with Crippen molar-refractivity contribution in [2.45, 2.75) is 56.3 Å². The van der Waals surface area contributed by atoms with Crippen LogP contribution >= 0.6 is 0 Å². The van der Waals surface area contributed by atoms with Crippen LogP contribution in [-0.4, -0.2) is 65.9 Å². The van der Waals surface area contributed by atoms with E-state index < -0.39 is 30.1 Å². The first-order valence-corrected chi connectivity index (χ1v) is 12.1. The minimum atomic E-state index is -0.966. The van der Waals surface area contributed by atoms with Gasteiger partial charge >= 0.3 is 12.1 Å². The van der Waals surface area contributed by atoms with Crippen LogP contribution in [0.5, 0.6) is 0 Å². The van der Waals surface area contributed by atoms with Gasteiger partial charge in [-0.05, 0) is 48.4 Å². The highest BCUT2D eigenvalue weighted by molar-refractivity contribution is 5.88. The Morgan fingerprint density at radius 2 is 1.69 bits per heavy atom. The molecule has 5 atom stereocenters. The minimum Gasteiger partial charge on any atom is -0.481 e. The van der Waals surface area contributed by atoms with Crippen LogP contribution in [0.4, 0.5) is 4.79 Å². The summed E-state index contributed by atoms with van der Waals surface area (Å²) in [5.41, 5.74) is 4.48. The Bertz CT molecular complexity index is 1100. The number of carboxylic acids is 1. The first-order valence-electron chi connectivity index (χ1n) is 12.1. The van der Waals surface area contributed by atoms with Crippen molar-refractivity contribution in [3.05, 3.63) is 59.7 Å². The molecule has 184 valence electrons. The highest BCUT2D eigenvalue weighted by atomic mass is 16.5. The summed E-state index contributed by atoms with van der Waals surface area (Å²) in [6.45, 7) is 1.84. The van der Waals surface area contributed by atoms with Crippen LogP contribution in [0.2, 0.25) is 0 Å². The molecule has 2 aromatic carbocycles. The number of methoxy groups -OCH3 is 1. The number of benzene rings is 2. The zero-order valence-electron chi connectivity index (χ0n) is 19.8. The number of nitrogens with one attached hydrogen (secondary N) is 1. The Labute approximate surface area is 204 Å². The molecule has 2 saturated heterocycles. The number of ether oxygens (including phenoxy) is 2. The van der Waals surface area contributed by atoms with Gasteiger partial charge in [0.15, 0.2) is 0 Å². The van der Waals surface area contributed by atoms with Gasteiger partial charge in [-0.15, -0.1) is 0 Å². The monoisotopic (exact) mass is 478 g/mol. The largest absolute Gasteiger partial charge is 0.481 e. The van der Waals surface area contributed by atoms with Gasteiger partial charge in [-0.3, -0.25) is 9.59 Å². The summed E-state index contributed by atoms with van der Waals surface area (Å²) in [5, 5.41) is 12.2. The molecule has 2 aliphatic heterocycles. The van der Waals surface area contributed by atoms with Gasteiger partial charge in [0, 0.05) is 25.1 Å². The van der Waals surface area contributed by atoms with Crippen LogP contribution in [0.25, 0.3) is 11.1 Å². The fourth-order valence-corrected chi connectivity index (χ4v) is 6.04. The Morgan fingerprint density at radius 3 is 2.26 bits per heavy atom. The second-order valence-electron chi connectivity index (χ2n) is 9.61. The second kappa shape index (κ2) is 9.34. The molecular weight excluding hydrogens is 448 g/mol. The zero-order valence-corrected chi connectivity index (χ0v) is 19.8. The highest BCUT2D eigenvalue weighted by Crippen LogP contribution is 2.45. The molecule has 2 N–H and O–H groups in total. The van der Waals surface area contributed by atoms with Crippen molar-refractivity contribution in [2.75, 3.05) is 13.7 Å². The van der Waals surface area contributed by atoms with Gasteiger partial charge in [-0.1, -0.05) is 48.5 Å². The molecular formula is C27H30N2O6. The fraction of sp³-hybridized carbons (Fsp3) is 0.444. The predicted molar refractivity (Wildman–Crippen MR) is 128 cm³/mol. The third-order valence-electron chi connectivity index (χ3n) is 7.83. The molecule has 0 radical (unpaired) electrons. The number of fused-ring (bicyclic) bond motifs is 5. The summed E-state index contributed by atoms with van der Waals surface area (Å²) in [6, 6.07) is 14.7. The van der Waals surface area contributed by atoms with E-state index in [-0.39, 0.29) is 30.5 Å². The topological polar surface area (TPSA) is 105 Å². The van der Waals surface area contributed by atoms with Crippen LogP contribution in [0.15, 0.2) is 48.5 Å². The van der Waals surface area contributed by atoms with Gasteiger partial charge in [-0.2, -0.15) is 0 Å². The molecule has 8 nitrogen and oxygen atoms in total. The number of hydrogen-bond donors (Lipinski definition) is 2. The van der Waals surface area contributed by atoms with Crippen molar-refractivity contribution >= 4 is 18.0 Å². The first kappa shape index (κ1) is 23.4. The van der Waals surface area contributed by atoms with E-state index in [2.05, 4.69) is 17.4 Å². The van der Waals surface area contributed by atoms with E-state index in [0.717, 1.165) is 28.7 Å². The lowest BCUT2D eigenvalue weighted by Gasteiger charge is -2.31. The van der Waals surface area contributed by atoms with E-state index in [1.165, 1.54) is 7.11 Å². The molecule has 2 aromatic rings. The summed E-state index contributed by atoms with van der Waals surface area (Å²) in [4.78, 5) is 39.6. The molecule has 1 aliphatic carbocycles. The lowest BCUT2D eigenvalue weighted by molar-refractivity contribution is -0.143. The smallest absolute Gasteiger partial charge is 0.407 e. The zero-order chi connectivity index (χ0) is 24.7. The number of alkyl carbamates (subject to hydrolysis) is 1. The van der Waals surface area contributed by atoms with Crippen molar-refractivity contribution in [2.24, 2.45) is 5.92 Å². The molecule has 3 aliphatic rings. The number of amides is 2. The van der Waals surface area contributed by atoms with Gasteiger partial charge < -0.3 is 24.8 Å². The summed E-state index contributed by atoms with van der Waals surface area (Å²) >= 11 is 0. The van der Waals surface area contributed by atoms with E-state index in [4.69, 9.17) is 9.47 Å². The minimum absolute atomic E-state index is 0.0899. The lowest BCUT2D eigenvalue weighted by atomic mass is 9.89. The van der Waals surface area contributed by atoms with Gasteiger partial charge in [-0.25, -0.2) is 4.79 Å². The average Bonchev–Trinajstić information content (AvgIpc) is 3.55. The van der Waals surface area contributed by atoms with Crippen LogP contribution < -0.4 is 5.32 Å². The fourth-order valence-electron chi connectivity index (χ4n) is 6.04. The number of carbonyl (C=O) groups excluding carboxylic acids is 2. The average molecular weight is 479 g/mol. The Morgan fingerprint density at radius 1 is 1.06 bits per heavy atom. The van der Waals surface area contributed by atoms with Crippen molar-refractivity contribution in [1.82, 2.24) is 10.2 Å². The maximum absolute atomic E-state index is 13.5. The predicted octanol–water partition coefficient (Wildman–Crippen LogP) is 3.39. The van der Waals surface area contributed by atoms with E-state index in [1.54, 1.807) is 11.8 Å². The van der Waals surface area contributed by atoms with Crippen molar-refractivity contribution in [1.29, 1.82) is 0 Å². The maximum atomic E-state index is 13.5. The highest BCUT2D eigenvalue weighted by Gasteiger charge is 2.53. The molecule has 2 heterocycles. The Kier molecular flexibility index (Phi) is 6.23. The molecule has 35 heavy (non-hydrogen) atoms. The third-order valence-corrected chi connectivity index (χ3v) is 7.83. The molecule has 0 saturated carbocycles. The molecule has 2 fully saturated rings. The molecule has 0 spiro atoms. The number of hydrogen-bond acceptors (Lipinski definition) is 5. The van der Waals surface area contributed by atoms with Gasteiger partial charge in [0.25, 0.3) is 0 Å². The van der Waals surface area contributed by atoms with Crippen LogP contribution in [0.3, 0.4) is 0 Å². The summed E-state index contributed by atoms with van der Waals surface area (Å²) in [6.07, 6.45) is 0.581. The number of nitrogens with zero attached hydrogens (tertiary/aromatic N) is 1.